The van der Waals surface area contributed by atoms with Gasteiger partial charge in [-0.25, -0.2) is 0 Å². The van der Waals surface area contributed by atoms with Crippen molar-refractivity contribution in [1.82, 2.24) is 5.32 Å². The Bertz CT molecular complexity index is 357. The summed E-state index contributed by atoms with van der Waals surface area (Å²) in [6.07, 6.45) is 3.15. The first kappa shape index (κ1) is 14.2. The number of nitrogens with one attached hydrogen (secondary N) is 1. The third-order valence-electron chi connectivity index (χ3n) is 2.83. The van der Waals surface area contributed by atoms with Crippen molar-refractivity contribution < 1.29 is 10.2 Å². The summed E-state index contributed by atoms with van der Waals surface area (Å²) < 4.78 is 0. The SMILES string of the molecule is CCC(CSC)NC(C)c1ccc(O)cc1O. The first-order valence-corrected chi connectivity index (χ1v) is 7.24. The molecule has 3 nitrogen and oxygen atoms in total. The first-order chi connectivity index (χ1) is 8.08. The Morgan fingerprint density at radius 3 is 2.59 bits per heavy atom. The van der Waals surface area contributed by atoms with Crippen molar-refractivity contribution >= 4 is 11.8 Å². The molecule has 0 fully saturated rings. The highest BCUT2D eigenvalue weighted by atomic mass is 32.2. The molecule has 0 aliphatic heterocycles. The fourth-order valence-electron chi connectivity index (χ4n) is 1.83. The number of aromatic hydroxyl groups is 2. The minimum absolute atomic E-state index is 0.0766. The molecule has 0 saturated heterocycles. The minimum Gasteiger partial charge on any atom is -0.508 e. The van der Waals surface area contributed by atoms with Gasteiger partial charge in [-0.15, -0.1) is 0 Å². The Labute approximate surface area is 107 Å². The van der Waals surface area contributed by atoms with Crippen molar-refractivity contribution in [2.75, 3.05) is 12.0 Å². The molecule has 0 aliphatic rings. The molecule has 4 heteroatoms. The number of phenolic OH excluding ortho intramolecular Hbond substituents is 2. The van der Waals surface area contributed by atoms with Crippen molar-refractivity contribution in [3.05, 3.63) is 23.8 Å². The van der Waals surface area contributed by atoms with Crippen LogP contribution in [0.2, 0.25) is 0 Å². The van der Waals surface area contributed by atoms with E-state index in [1.54, 1.807) is 12.1 Å². The molecule has 0 radical (unpaired) electrons. The molecule has 17 heavy (non-hydrogen) atoms. The predicted octanol–water partition coefficient (Wildman–Crippen LogP) is 2.89. The summed E-state index contributed by atoms with van der Waals surface area (Å²) in [5.74, 6) is 1.29. The molecule has 1 aromatic rings. The number of hydrogen-bond donors (Lipinski definition) is 3. The average molecular weight is 255 g/mol. The molecule has 2 atom stereocenters. The summed E-state index contributed by atoms with van der Waals surface area (Å²) in [6.45, 7) is 4.17. The Morgan fingerprint density at radius 1 is 1.35 bits per heavy atom. The highest BCUT2D eigenvalue weighted by Gasteiger charge is 2.14. The monoisotopic (exact) mass is 255 g/mol. The second-order valence-electron chi connectivity index (χ2n) is 4.19. The molecule has 0 spiro atoms. The van der Waals surface area contributed by atoms with E-state index in [9.17, 15) is 10.2 Å². The Balaban J connectivity index is 2.71. The normalized spacial score (nSPS) is 14.5. The maximum absolute atomic E-state index is 9.77. The number of benzene rings is 1. The van der Waals surface area contributed by atoms with Crippen LogP contribution in [0.15, 0.2) is 18.2 Å². The molecule has 1 rings (SSSR count). The summed E-state index contributed by atoms with van der Waals surface area (Å²) in [5, 5.41) is 22.5. The van der Waals surface area contributed by atoms with Crippen LogP contribution in [0.1, 0.15) is 31.9 Å². The van der Waals surface area contributed by atoms with Crippen LogP contribution < -0.4 is 5.32 Å². The molecule has 0 bridgehead atoms. The third-order valence-corrected chi connectivity index (χ3v) is 3.56. The van der Waals surface area contributed by atoms with Gasteiger partial charge in [0.2, 0.25) is 0 Å². The van der Waals surface area contributed by atoms with E-state index in [-0.39, 0.29) is 17.5 Å². The summed E-state index contributed by atoms with van der Waals surface area (Å²) in [4.78, 5) is 0. The van der Waals surface area contributed by atoms with Gasteiger partial charge in [-0.2, -0.15) is 11.8 Å². The lowest BCUT2D eigenvalue weighted by Crippen LogP contribution is -2.33. The topological polar surface area (TPSA) is 52.5 Å². The Kier molecular flexibility index (Phi) is 5.65. The van der Waals surface area contributed by atoms with Crippen LogP contribution in [-0.4, -0.2) is 28.3 Å². The van der Waals surface area contributed by atoms with Gasteiger partial charge >= 0.3 is 0 Å². The van der Waals surface area contributed by atoms with E-state index < -0.39 is 0 Å². The van der Waals surface area contributed by atoms with Crippen molar-refractivity contribution in [1.29, 1.82) is 0 Å². The average Bonchev–Trinajstić information content (AvgIpc) is 2.28. The Morgan fingerprint density at radius 2 is 2.06 bits per heavy atom. The molecule has 0 saturated carbocycles. The lowest BCUT2D eigenvalue weighted by atomic mass is 10.1. The largest absolute Gasteiger partial charge is 0.508 e. The van der Waals surface area contributed by atoms with Gasteiger partial charge in [0.25, 0.3) is 0 Å². The van der Waals surface area contributed by atoms with E-state index in [2.05, 4.69) is 18.5 Å². The van der Waals surface area contributed by atoms with E-state index in [4.69, 9.17) is 0 Å². The highest BCUT2D eigenvalue weighted by molar-refractivity contribution is 7.98. The lowest BCUT2D eigenvalue weighted by molar-refractivity contribution is 0.423. The molecule has 96 valence electrons. The molecule has 0 aromatic heterocycles. The zero-order chi connectivity index (χ0) is 12.8. The van der Waals surface area contributed by atoms with E-state index in [1.807, 2.05) is 18.7 Å². The van der Waals surface area contributed by atoms with Gasteiger partial charge in [0.15, 0.2) is 0 Å². The number of rotatable bonds is 6. The molecular formula is C13H21NO2S. The van der Waals surface area contributed by atoms with Crippen LogP contribution in [0.3, 0.4) is 0 Å². The zero-order valence-corrected chi connectivity index (χ0v) is 11.4. The maximum atomic E-state index is 9.77. The van der Waals surface area contributed by atoms with Crippen molar-refractivity contribution in [2.45, 2.75) is 32.4 Å². The van der Waals surface area contributed by atoms with Crippen LogP contribution in [0.4, 0.5) is 0 Å². The summed E-state index contributed by atoms with van der Waals surface area (Å²) in [6, 6.07) is 5.25. The highest BCUT2D eigenvalue weighted by Crippen LogP contribution is 2.28. The fraction of sp³-hybridized carbons (Fsp3) is 0.538. The van der Waals surface area contributed by atoms with Gasteiger partial charge in [-0.05, 0) is 25.7 Å². The van der Waals surface area contributed by atoms with Gasteiger partial charge < -0.3 is 15.5 Å². The Hall–Kier alpha value is -0.870. The van der Waals surface area contributed by atoms with Crippen molar-refractivity contribution in [3.8, 4) is 11.5 Å². The van der Waals surface area contributed by atoms with E-state index in [1.165, 1.54) is 6.07 Å². The maximum Gasteiger partial charge on any atom is 0.124 e. The standard InChI is InChI=1S/C13H21NO2S/c1-4-10(8-17-3)14-9(2)12-6-5-11(15)7-13(12)16/h5-7,9-10,14-16H,4,8H2,1-3H3. The molecule has 2 unspecified atom stereocenters. The van der Waals surface area contributed by atoms with Gasteiger partial charge in [-0.1, -0.05) is 13.0 Å². The van der Waals surface area contributed by atoms with Gasteiger partial charge in [0.05, 0.1) is 0 Å². The zero-order valence-electron chi connectivity index (χ0n) is 10.6. The fourth-order valence-corrected chi connectivity index (χ4v) is 2.56. The molecular weight excluding hydrogens is 234 g/mol. The van der Waals surface area contributed by atoms with Gasteiger partial charge in [0, 0.05) is 29.5 Å². The van der Waals surface area contributed by atoms with Crippen LogP contribution in [-0.2, 0) is 0 Å². The second-order valence-corrected chi connectivity index (χ2v) is 5.10. The van der Waals surface area contributed by atoms with Crippen LogP contribution in [0, 0.1) is 0 Å². The number of thioether (sulfide) groups is 1. The molecule has 0 amide bonds. The first-order valence-electron chi connectivity index (χ1n) is 5.85. The molecule has 0 aliphatic carbocycles. The minimum atomic E-state index is 0.0766. The van der Waals surface area contributed by atoms with E-state index in [0.29, 0.717) is 6.04 Å². The third kappa shape index (κ3) is 4.13. The molecule has 1 aromatic carbocycles. The van der Waals surface area contributed by atoms with E-state index >= 15 is 0 Å². The van der Waals surface area contributed by atoms with Crippen LogP contribution in [0.25, 0.3) is 0 Å². The smallest absolute Gasteiger partial charge is 0.124 e. The van der Waals surface area contributed by atoms with Crippen LogP contribution >= 0.6 is 11.8 Å². The summed E-state index contributed by atoms with van der Waals surface area (Å²) in [7, 11) is 0. The van der Waals surface area contributed by atoms with Gasteiger partial charge in [-0.3, -0.25) is 0 Å². The second kappa shape index (κ2) is 6.77. The number of phenols is 2. The quantitative estimate of drug-likeness (QED) is 0.731. The lowest BCUT2D eigenvalue weighted by Gasteiger charge is -2.22. The molecule has 0 heterocycles. The summed E-state index contributed by atoms with van der Waals surface area (Å²) >= 11 is 1.81. The predicted molar refractivity (Wildman–Crippen MR) is 73.8 cm³/mol. The van der Waals surface area contributed by atoms with Crippen molar-refractivity contribution in [2.24, 2.45) is 0 Å². The number of hydrogen-bond acceptors (Lipinski definition) is 4. The van der Waals surface area contributed by atoms with E-state index in [0.717, 1.165) is 17.7 Å². The van der Waals surface area contributed by atoms with Crippen LogP contribution in [0.5, 0.6) is 11.5 Å². The van der Waals surface area contributed by atoms with Gasteiger partial charge in [0.1, 0.15) is 11.5 Å². The van der Waals surface area contributed by atoms with Crippen molar-refractivity contribution in [3.63, 3.8) is 0 Å². The molecule has 3 N–H and O–H groups in total. The summed E-state index contributed by atoms with van der Waals surface area (Å²) in [5.41, 5.74) is 0.822.